The van der Waals surface area contributed by atoms with Crippen molar-refractivity contribution in [2.24, 2.45) is 0 Å². The molecule has 78 valence electrons. The zero-order valence-corrected chi connectivity index (χ0v) is 9.16. The van der Waals surface area contributed by atoms with Crippen LogP contribution in [0.5, 0.6) is 0 Å². The lowest BCUT2D eigenvalue weighted by molar-refractivity contribution is 0.0697. The summed E-state index contributed by atoms with van der Waals surface area (Å²) < 4.78 is 0. The van der Waals surface area contributed by atoms with Crippen molar-refractivity contribution in [3.8, 4) is 0 Å². The van der Waals surface area contributed by atoms with Gasteiger partial charge in [0, 0.05) is 5.41 Å². The monoisotopic (exact) mass is 202 g/mol. The zero-order chi connectivity index (χ0) is 11.2. The van der Waals surface area contributed by atoms with Gasteiger partial charge in [-0.15, -0.1) is 0 Å². The number of fused-ring (bicyclic) bond motifs is 1. The van der Waals surface area contributed by atoms with E-state index in [-0.39, 0.29) is 5.41 Å². The molecule has 0 amide bonds. The maximum Gasteiger partial charge on any atom is 0.335 e. The number of carboxylic acids is 1. The van der Waals surface area contributed by atoms with Crippen molar-refractivity contribution in [1.29, 1.82) is 0 Å². The molecule has 0 aliphatic heterocycles. The highest BCUT2D eigenvalue weighted by Gasteiger charge is 2.28. The van der Waals surface area contributed by atoms with Gasteiger partial charge in [0.05, 0.1) is 5.56 Å². The van der Waals surface area contributed by atoms with Gasteiger partial charge in [-0.2, -0.15) is 0 Å². The second-order valence-corrected chi connectivity index (χ2v) is 4.61. The molecule has 0 heterocycles. The van der Waals surface area contributed by atoms with Gasteiger partial charge in [0.15, 0.2) is 0 Å². The van der Waals surface area contributed by atoms with Crippen LogP contribution in [0, 0.1) is 0 Å². The SMILES string of the molecule is CC1=CC(C)(C)c2ccc(C(=O)O)cc21. The Balaban J connectivity index is 2.62. The van der Waals surface area contributed by atoms with Crippen molar-refractivity contribution < 1.29 is 9.90 Å². The predicted octanol–water partition coefficient (Wildman–Crippen LogP) is 3.08. The predicted molar refractivity (Wildman–Crippen MR) is 60.1 cm³/mol. The average molecular weight is 202 g/mol. The summed E-state index contributed by atoms with van der Waals surface area (Å²) in [4.78, 5) is 10.8. The van der Waals surface area contributed by atoms with Gasteiger partial charge < -0.3 is 5.11 Å². The highest BCUT2D eigenvalue weighted by atomic mass is 16.4. The van der Waals surface area contributed by atoms with Crippen molar-refractivity contribution in [2.45, 2.75) is 26.2 Å². The molecule has 1 aliphatic carbocycles. The highest BCUT2D eigenvalue weighted by molar-refractivity contribution is 5.90. The molecular formula is C13H14O2. The Kier molecular flexibility index (Phi) is 1.97. The standard InChI is InChI=1S/C13H14O2/c1-8-7-13(2,3)11-5-4-9(12(14)15)6-10(8)11/h4-7H,1-3H3,(H,14,15). The largest absolute Gasteiger partial charge is 0.478 e. The zero-order valence-electron chi connectivity index (χ0n) is 9.16. The first kappa shape index (κ1) is 9.97. The smallest absolute Gasteiger partial charge is 0.335 e. The minimum atomic E-state index is -0.865. The minimum Gasteiger partial charge on any atom is -0.478 e. The minimum absolute atomic E-state index is 0.0243. The fraction of sp³-hybridized carbons (Fsp3) is 0.308. The summed E-state index contributed by atoms with van der Waals surface area (Å²) in [7, 11) is 0. The van der Waals surface area contributed by atoms with Gasteiger partial charge in [0.2, 0.25) is 0 Å². The maximum absolute atomic E-state index is 10.8. The topological polar surface area (TPSA) is 37.3 Å². The third-order valence-electron chi connectivity index (χ3n) is 2.96. The van der Waals surface area contributed by atoms with Crippen molar-refractivity contribution in [2.75, 3.05) is 0 Å². The van der Waals surface area contributed by atoms with E-state index in [2.05, 4.69) is 19.9 Å². The number of carbonyl (C=O) groups is 1. The number of allylic oxidation sites excluding steroid dienone is 2. The number of benzene rings is 1. The van der Waals surface area contributed by atoms with E-state index >= 15 is 0 Å². The molecule has 0 saturated carbocycles. The quantitative estimate of drug-likeness (QED) is 0.759. The molecule has 1 aliphatic rings. The molecule has 0 atom stereocenters. The van der Waals surface area contributed by atoms with E-state index in [1.807, 2.05) is 13.0 Å². The Labute approximate surface area is 89.2 Å². The third kappa shape index (κ3) is 1.46. The number of carboxylic acid groups (broad SMARTS) is 1. The van der Waals surface area contributed by atoms with E-state index in [0.29, 0.717) is 5.56 Å². The molecule has 0 unspecified atom stereocenters. The molecular weight excluding hydrogens is 188 g/mol. The van der Waals surface area contributed by atoms with Crippen molar-refractivity contribution in [3.05, 3.63) is 41.0 Å². The lowest BCUT2D eigenvalue weighted by Crippen LogP contribution is -2.11. The van der Waals surface area contributed by atoms with E-state index in [9.17, 15) is 4.79 Å². The number of hydrogen-bond acceptors (Lipinski definition) is 1. The van der Waals surface area contributed by atoms with Crippen LogP contribution in [0.15, 0.2) is 24.3 Å². The van der Waals surface area contributed by atoms with Gasteiger partial charge in [-0.05, 0) is 35.8 Å². The van der Waals surface area contributed by atoms with Crippen LogP contribution >= 0.6 is 0 Å². The first-order valence-corrected chi connectivity index (χ1v) is 4.99. The van der Waals surface area contributed by atoms with E-state index in [1.165, 1.54) is 5.56 Å². The second-order valence-electron chi connectivity index (χ2n) is 4.61. The van der Waals surface area contributed by atoms with Crippen molar-refractivity contribution in [1.82, 2.24) is 0 Å². The summed E-state index contributed by atoms with van der Waals surface area (Å²) in [6.45, 7) is 6.31. The number of hydrogen-bond donors (Lipinski definition) is 1. The molecule has 1 aromatic carbocycles. The molecule has 15 heavy (non-hydrogen) atoms. The van der Waals surface area contributed by atoms with Crippen molar-refractivity contribution in [3.63, 3.8) is 0 Å². The Morgan fingerprint density at radius 3 is 2.60 bits per heavy atom. The number of aromatic carboxylic acids is 1. The molecule has 2 rings (SSSR count). The van der Waals surface area contributed by atoms with Crippen molar-refractivity contribution >= 4 is 11.5 Å². The Hall–Kier alpha value is -1.57. The molecule has 0 aromatic heterocycles. The first-order valence-electron chi connectivity index (χ1n) is 4.99. The summed E-state index contributed by atoms with van der Waals surface area (Å²) in [5, 5.41) is 8.91. The van der Waals surface area contributed by atoms with Crippen LogP contribution < -0.4 is 0 Å². The lowest BCUT2D eigenvalue weighted by Gasteiger charge is -2.17. The van der Waals surface area contributed by atoms with Crippen LogP contribution in [-0.4, -0.2) is 11.1 Å². The summed E-state index contributed by atoms with van der Waals surface area (Å²) in [6.07, 6.45) is 2.18. The molecule has 2 nitrogen and oxygen atoms in total. The molecule has 0 bridgehead atoms. The molecule has 0 fully saturated rings. The maximum atomic E-state index is 10.8. The fourth-order valence-electron chi connectivity index (χ4n) is 2.26. The van der Waals surface area contributed by atoms with E-state index < -0.39 is 5.97 Å². The fourth-order valence-corrected chi connectivity index (χ4v) is 2.26. The van der Waals surface area contributed by atoms with Crippen LogP contribution in [0.1, 0.15) is 42.3 Å². The van der Waals surface area contributed by atoms with Gasteiger partial charge in [-0.1, -0.05) is 26.0 Å². The summed E-state index contributed by atoms with van der Waals surface area (Å²) >= 11 is 0. The average Bonchev–Trinajstić information content (AvgIpc) is 2.37. The Morgan fingerprint density at radius 1 is 1.33 bits per heavy atom. The van der Waals surface area contributed by atoms with Gasteiger partial charge in [0.1, 0.15) is 0 Å². The highest BCUT2D eigenvalue weighted by Crippen LogP contribution is 2.40. The van der Waals surface area contributed by atoms with E-state index in [0.717, 1.165) is 11.1 Å². The normalized spacial score (nSPS) is 17.1. The molecule has 0 saturated heterocycles. The summed E-state index contributed by atoms with van der Waals surface area (Å²) in [5.41, 5.74) is 3.83. The summed E-state index contributed by atoms with van der Waals surface area (Å²) in [6, 6.07) is 5.36. The van der Waals surface area contributed by atoms with E-state index in [1.54, 1.807) is 12.1 Å². The molecule has 0 radical (unpaired) electrons. The Morgan fingerprint density at radius 2 is 2.00 bits per heavy atom. The van der Waals surface area contributed by atoms with Crippen LogP contribution in [0.3, 0.4) is 0 Å². The molecule has 1 aromatic rings. The summed E-state index contributed by atoms with van der Waals surface area (Å²) in [5.74, 6) is -0.865. The first-order chi connectivity index (χ1) is 6.92. The third-order valence-corrected chi connectivity index (χ3v) is 2.96. The second kappa shape index (κ2) is 2.96. The Bertz CT molecular complexity index is 467. The van der Waals surface area contributed by atoms with Crippen LogP contribution in [0.4, 0.5) is 0 Å². The van der Waals surface area contributed by atoms with Crippen LogP contribution in [-0.2, 0) is 5.41 Å². The van der Waals surface area contributed by atoms with Gasteiger partial charge >= 0.3 is 5.97 Å². The number of rotatable bonds is 1. The van der Waals surface area contributed by atoms with Gasteiger partial charge in [0.25, 0.3) is 0 Å². The lowest BCUT2D eigenvalue weighted by atomic mass is 9.86. The molecule has 2 heteroatoms. The molecule has 1 N–H and O–H groups in total. The van der Waals surface area contributed by atoms with E-state index in [4.69, 9.17) is 5.11 Å². The van der Waals surface area contributed by atoms with Gasteiger partial charge in [-0.25, -0.2) is 4.79 Å². The molecule has 0 spiro atoms. The van der Waals surface area contributed by atoms with Gasteiger partial charge in [-0.3, -0.25) is 0 Å². The van der Waals surface area contributed by atoms with Crippen LogP contribution in [0.25, 0.3) is 5.57 Å². The van der Waals surface area contributed by atoms with Crippen LogP contribution in [0.2, 0.25) is 0 Å².